The Morgan fingerprint density at radius 2 is 0.909 bits per heavy atom. The van der Waals surface area contributed by atoms with E-state index in [-0.39, 0.29) is 18.9 Å². The second-order valence-corrected chi connectivity index (χ2v) is 20.4. The van der Waals surface area contributed by atoms with Crippen LogP contribution in [0.15, 0.2) is 72.9 Å². The van der Waals surface area contributed by atoms with E-state index < -0.39 is 124 Å². The number of carbonyl (C=O) groups excluding carboxylic acids is 1. The largest absolute Gasteiger partial charge is 0.394 e. The Kier molecular flexibility index (Phi) is 36.7. The predicted molar refractivity (Wildman–Crippen MR) is 291 cm³/mol. The van der Waals surface area contributed by atoms with Gasteiger partial charge < -0.3 is 89.9 Å². The number of rotatable bonds is 40. The van der Waals surface area contributed by atoms with Crippen LogP contribution >= 0.6 is 0 Å². The van der Waals surface area contributed by atoms with Crippen molar-refractivity contribution in [2.75, 3.05) is 26.4 Å². The third kappa shape index (κ3) is 25.7. The molecule has 0 aromatic heterocycles. The Morgan fingerprint density at radius 3 is 1.45 bits per heavy atom. The van der Waals surface area contributed by atoms with Gasteiger partial charge in [0, 0.05) is 6.42 Å². The lowest BCUT2D eigenvalue weighted by molar-refractivity contribution is -0.379. The van der Waals surface area contributed by atoms with E-state index in [0.29, 0.717) is 12.8 Å². The minimum absolute atomic E-state index is 0.215. The highest BCUT2D eigenvalue weighted by Gasteiger charge is 2.53. The van der Waals surface area contributed by atoms with Crippen molar-refractivity contribution in [3.63, 3.8) is 0 Å². The molecule has 1 amide bonds. The Labute approximate surface area is 458 Å². The number of unbranched alkanes of at least 4 members (excludes halogenated alkanes) is 14. The fraction of sp³-hybridized carbons (Fsp3) is 0.776. The van der Waals surface area contributed by atoms with Crippen molar-refractivity contribution >= 4 is 5.91 Å². The summed E-state index contributed by atoms with van der Waals surface area (Å²) < 4.78 is 34.2. The van der Waals surface area contributed by atoms with E-state index in [1.165, 1.54) is 38.5 Å². The average molecular weight is 1100 g/mol. The van der Waals surface area contributed by atoms with Crippen molar-refractivity contribution in [2.45, 2.75) is 259 Å². The zero-order valence-electron chi connectivity index (χ0n) is 45.9. The van der Waals surface area contributed by atoms with Crippen LogP contribution in [0.25, 0.3) is 0 Å². The molecule has 17 atom stereocenters. The number of ether oxygens (including phenoxy) is 6. The Bertz CT molecular complexity index is 1690. The first kappa shape index (κ1) is 68.5. The quantitative estimate of drug-likeness (QED) is 0.0301. The highest BCUT2D eigenvalue weighted by atomic mass is 16.8. The Balaban J connectivity index is 1.53. The lowest BCUT2D eigenvalue weighted by atomic mass is 9.96. The molecule has 3 heterocycles. The molecule has 0 aliphatic carbocycles. The summed E-state index contributed by atoms with van der Waals surface area (Å²) in [4.78, 5) is 13.3. The van der Waals surface area contributed by atoms with Gasteiger partial charge in [-0.3, -0.25) is 4.79 Å². The number of hydrogen-bond donors (Lipinski definition) is 12. The second-order valence-electron chi connectivity index (χ2n) is 20.4. The van der Waals surface area contributed by atoms with Gasteiger partial charge in [0.05, 0.1) is 38.6 Å². The van der Waals surface area contributed by atoms with Crippen LogP contribution in [0.1, 0.15) is 155 Å². The zero-order chi connectivity index (χ0) is 56.2. The maximum absolute atomic E-state index is 13.3. The summed E-state index contributed by atoms with van der Waals surface area (Å²) >= 11 is 0. The lowest BCUT2D eigenvalue weighted by Gasteiger charge is -2.48. The van der Waals surface area contributed by atoms with E-state index >= 15 is 0 Å². The highest BCUT2D eigenvalue weighted by Crippen LogP contribution is 2.33. The molecule has 0 bridgehead atoms. The standard InChI is InChI=1S/C58H99NO18/c1-3-5-7-9-11-13-15-17-18-19-20-21-22-24-26-28-30-32-34-36-46(64)59-41(42(63)35-33-31-29-27-25-23-16-14-12-10-8-6-4-2)40-72-56-52(70)49(67)54(44(38-61)74-56)77-58-53(71)50(68)55(45(39-62)75-58)76-57-51(69)48(66)47(65)43(37-60)73-57/h5,7,11,13,17-18,20-21,25,27,33,35,41-45,47-58,60-63,65-71H,3-4,6,8-10,12,14-16,19,22-24,26,28-32,34,36-40H2,1-2H3,(H,59,64)/b7-5-,13-11-,18-17-,21-20-,27-25+,35-33+. The third-order valence-corrected chi connectivity index (χ3v) is 14.0. The number of aliphatic hydroxyl groups is 11. The molecule has 77 heavy (non-hydrogen) atoms. The van der Waals surface area contributed by atoms with E-state index in [4.69, 9.17) is 28.4 Å². The highest BCUT2D eigenvalue weighted by molar-refractivity contribution is 5.76. The van der Waals surface area contributed by atoms with Crippen LogP contribution in [0.3, 0.4) is 0 Å². The average Bonchev–Trinajstić information content (AvgIpc) is 3.42. The molecule has 19 heteroatoms. The smallest absolute Gasteiger partial charge is 0.220 e. The maximum Gasteiger partial charge on any atom is 0.220 e. The van der Waals surface area contributed by atoms with E-state index in [2.05, 4.69) is 79.9 Å². The molecule has 0 aromatic rings. The molecule has 17 unspecified atom stereocenters. The Morgan fingerprint density at radius 1 is 0.481 bits per heavy atom. The summed E-state index contributed by atoms with van der Waals surface area (Å²) in [5.74, 6) is -0.305. The van der Waals surface area contributed by atoms with Crippen molar-refractivity contribution in [3.8, 4) is 0 Å². The van der Waals surface area contributed by atoms with E-state index in [1.807, 2.05) is 6.08 Å². The minimum atomic E-state index is -1.98. The SMILES string of the molecule is CC/C=C\C/C=C\C/C=C\C/C=C\CCCCCCCCC(=O)NC(COC1OC(CO)C(OC2OC(CO)C(OC3OC(CO)C(O)C(O)C3O)C(O)C2O)C(O)C1O)C(O)/C=C/CC/C=C/CCCCCCCCC. The van der Waals surface area contributed by atoms with Gasteiger partial charge >= 0.3 is 0 Å². The molecule has 12 N–H and O–H groups in total. The number of amides is 1. The topological polar surface area (TPSA) is 307 Å². The summed E-state index contributed by atoms with van der Waals surface area (Å²) in [5.41, 5.74) is 0. The molecule has 0 radical (unpaired) electrons. The summed E-state index contributed by atoms with van der Waals surface area (Å²) in [7, 11) is 0. The molecule has 3 aliphatic heterocycles. The van der Waals surface area contributed by atoms with Gasteiger partial charge in [-0.15, -0.1) is 0 Å². The first-order valence-corrected chi connectivity index (χ1v) is 28.7. The molecule has 0 saturated carbocycles. The number of allylic oxidation sites excluding steroid dienone is 11. The Hall–Kier alpha value is -2.77. The van der Waals surface area contributed by atoms with Gasteiger partial charge in [0.2, 0.25) is 5.91 Å². The van der Waals surface area contributed by atoms with Crippen LogP contribution in [0.2, 0.25) is 0 Å². The lowest BCUT2D eigenvalue weighted by Crippen LogP contribution is -2.66. The molecular weight excluding hydrogens is 999 g/mol. The first-order chi connectivity index (χ1) is 37.3. The van der Waals surface area contributed by atoms with Gasteiger partial charge in [0.15, 0.2) is 18.9 Å². The van der Waals surface area contributed by atoms with Gasteiger partial charge in [-0.05, 0) is 70.6 Å². The monoisotopic (exact) mass is 1100 g/mol. The van der Waals surface area contributed by atoms with Crippen LogP contribution in [-0.2, 0) is 33.2 Å². The molecule has 0 spiro atoms. The number of nitrogens with one attached hydrogen (secondary N) is 1. The summed E-state index contributed by atoms with van der Waals surface area (Å²) in [5, 5.41) is 120. The van der Waals surface area contributed by atoms with Crippen LogP contribution in [0.5, 0.6) is 0 Å². The van der Waals surface area contributed by atoms with Crippen LogP contribution < -0.4 is 5.32 Å². The van der Waals surface area contributed by atoms with Gasteiger partial charge in [0.25, 0.3) is 0 Å². The molecule has 0 aromatic carbocycles. The third-order valence-electron chi connectivity index (χ3n) is 14.0. The molecule has 3 saturated heterocycles. The molecule has 3 fully saturated rings. The normalized spacial score (nSPS) is 31.3. The van der Waals surface area contributed by atoms with Crippen molar-refractivity contribution in [2.24, 2.45) is 0 Å². The molecule has 444 valence electrons. The fourth-order valence-corrected chi connectivity index (χ4v) is 9.25. The number of aliphatic hydroxyl groups excluding tert-OH is 11. The first-order valence-electron chi connectivity index (χ1n) is 28.7. The van der Waals surface area contributed by atoms with Crippen molar-refractivity contribution < 1.29 is 89.4 Å². The zero-order valence-corrected chi connectivity index (χ0v) is 45.9. The number of hydrogen-bond acceptors (Lipinski definition) is 18. The maximum atomic E-state index is 13.3. The fourth-order valence-electron chi connectivity index (χ4n) is 9.25. The molecular formula is C58H99NO18. The van der Waals surface area contributed by atoms with Crippen LogP contribution in [0.4, 0.5) is 0 Å². The van der Waals surface area contributed by atoms with Crippen LogP contribution in [-0.4, -0.2) is 193 Å². The summed E-state index contributed by atoms with van der Waals surface area (Å²) in [6.07, 6.45) is 20.3. The summed E-state index contributed by atoms with van der Waals surface area (Å²) in [6.45, 7) is 1.53. The summed E-state index contributed by atoms with van der Waals surface area (Å²) in [6, 6.07) is -1.000. The molecule has 3 aliphatic rings. The van der Waals surface area contributed by atoms with Gasteiger partial charge in [-0.25, -0.2) is 0 Å². The predicted octanol–water partition coefficient (Wildman–Crippen LogP) is 4.26. The minimum Gasteiger partial charge on any atom is -0.394 e. The molecule has 19 nitrogen and oxygen atoms in total. The molecule has 3 rings (SSSR count). The van der Waals surface area contributed by atoms with Crippen molar-refractivity contribution in [1.29, 1.82) is 0 Å². The van der Waals surface area contributed by atoms with E-state index in [0.717, 1.165) is 83.5 Å². The van der Waals surface area contributed by atoms with E-state index in [9.17, 15) is 61.0 Å². The van der Waals surface area contributed by atoms with Gasteiger partial charge in [-0.1, -0.05) is 151 Å². The van der Waals surface area contributed by atoms with Crippen molar-refractivity contribution in [1.82, 2.24) is 5.32 Å². The van der Waals surface area contributed by atoms with Crippen LogP contribution in [0, 0.1) is 0 Å². The van der Waals surface area contributed by atoms with E-state index in [1.54, 1.807) is 6.08 Å². The van der Waals surface area contributed by atoms with Gasteiger partial charge in [0.1, 0.15) is 73.2 Å². The van der Waals surface area contributed by atoms with Gasteiger partial charge in [-0.2, -0.15) is 0 Å². The van der Waals surface area contributed by atoms with Crippen molar-refractivity contribution in [3.05, 3.63) is 72.9 Å². The number of carbonyl (C=O) groups is 1. The second kappa shape index (κ2) is 41.3.